The van der Waals surface area contributed by atoms with Crippen LogP contribution in [0, 0.1) is 17.0 Å². The summed E-state index contributed by atoms with van der Waals surface area (Å²) in [4.78, 5) is 10.1. The van der Waals surface area contributed by atoms with Gasteiger partial charge < -0.3 is 0 Å². The molecule has 0 heterocycles. The largest absolute Gasteiger partial charge is 0.269 e. The number of nitrogens with zero attached hydrogens (tertiary/aromatic N) is 1. The molecule has 1 aromatic rings. The van der Waals surface area contributed by atoms with Gasteiger partial charge in [-0.15, -0.1) is 0 Å². The molecular weight excluding hydrogens is 230 g/mol. The average Bonchev–Trinajstić information content (AvgIpc) is 2.16. The van der Waals surface area contributed by atoms with Gasteiger partial charge in [0, 0.05) is 12.1 Å². The van der Waals surface area contributed by atoms with Crippen LogP contribution in [0.2, 0.25) is 0 Å². The number of aryl methyl sites for hydroxylation is 1. The Labute approximate surface area is 94.2 Å². The van der Waals surface area contributed by atoms with Crippen LogP contribution in [-0.4, -0.2) is 18.6 Å². The molecule has 0 aliphatic heterocycles. The van der Waals surface area contributed by atoms with E-state index >= 15 is 0 Å². The Hall–Kier alpha value is -1.43. The lowest BCUT2D eigenvalue weighted by molar-refractivity contribution is -0.385. The monoisotopic (exact) mass is 243 g/mol. The van der Waals surface area contributed by atoms with Crippen LogP contribution in [-0.2, 0) is 9.84 Å². The lowest BCUT2D eigenvalue weighted by atomic mass is 10.2. The molecule has 0 aromatic heterocycles. The number of non-ortho nitro benzene ring substituents is 1. The third-order valence-corrected chi connectivity index (χ3v) is 4.61. The van der Waals surface area contributed by atoms with Crippen LogP contribution in [0.1, 0.15) is 19.4 Å². The van der Waals surface area contributed by atoms with Crippen LogP contribution in [0.15, 0.2) is 23.1 Å². The molecule has 0 unspecified atom stereocenters. The Kier molecular flexibility index (Phi) is 3.32. The molecule has 6 heteroatoms. The molecular formula is C10H13NO4S. The maximum atomic E-state index is 11.9. The second-order valence-electron chi connectivity index (χ2n) is 3.80. The van der Waals surface area contributed by atoms with Crippen LogP contribution < -0.4 is 0 Å². The zero-order valence-electron chi connectivity index (χ0n) is 9.30. The molecule has 5 nitrogen and oxygen atoms in total. The summed E-state index contributed by atoms with van der Waals surface area (Å²) in [6.07, 6.45) is 0. The molecule has 0 bridgehead atoms. The van der Waals surface area contributed by atoms with Crippen LogP contribution >= 0.6 is 0 Å². The normalized spacial score (nSPS) is 11.8. The Morgan fingerprint density at radius 3 is 2.25 bits per heavy atom. The highest BCUT2D eigenvalue weighted by molar-refractivity contribution is 7.92. The van der Waals surface area contributed by atoms with E-state index in [-0.39, 0.29) is 10.6 Å². The number of nitro benzene ring substituents is 1. The molecule has 88 valence electrons. The Balaban J connectivity index is 3.35. The first-order chi connectivity index (χ1) is 7.26. The summed E-state index contributed by atoms with van der Waals surface area (Å²) in [5, 5.41) is 9.97. The molecule has 0 amide bonds. The summed E-state index contributed by atoms with van der Waals surface area (Å²) < 4.78 is 23.7. The first-order valence-electron chi connectivity index (χ1n) is 4.75. The minimum Gasteiger partial charge on any atom is -0.258 e. The van der Waals surface area contributed by atoms with Crippen molar-refractivity contribution in [2.24, 2.45) is 0 Å². The highest BCUT2D eigenvalue weighted by Crippen LogP contribution is 2.24. The number of sulfone groups is 1. The van der Waals surface area contributed by atoms with E-state index in [2.05, 4.69) is 0 Å². The minimum absolute atomic E-state index is 0.0970. The molecule has 0 radical (unpaired) electrons. The minimum atomic E-state index is -3.37. The predicted octanol–water partition coefficient (Wildman–Crippen LogP) is 2.09. The highest BCUT2D eigenvalue weighted by Gasteiger charge is 2.22. The van der Waals surface area contributed by atoms with Gasteiger partial charge in [-0.2, -0.15) is 0 Å². The summed E-state index contributed by atoms with van der Waals surface area (Å²) in [6.45, 7) is 4.72. The van der Waals surface area contributed by atoms with Crippen molar-refractivity contribution in [2.45, 2.75) is 30.9 Å². The van der Waals surface area contributed by atoms with Gasteiger partial charge in [0.25, 0.3) is 5.69 Å². The van der Waals surface area contributed by atoms with Crippen molar-refractivity contribution in [1.29, 1.82) is 0 Å². The Morgan fingerprint density at radius 1 is 1.31 bits per heavy atom. The summed E-state index contributed by atoms with van der Waals surface area (Å²) in [5.74, 6) is 0. The van der Waals surface area contributed by atoms with Crippen molar-refractivity contribution in [2.75, 3.05) is 0 Å². The molecule has 0 aliphatic carbocycles. The molecule has 0 aliphatic rings. The van der Waals surface area contributed by atoms with Crippen LogP contribution in [0.25, 0.3) is 0 Å². The summed E-state index contributed by atoms with van der Waals surface area (Å²) in [6, 6.07) is 3.78. The van der Waals surface area contributed by atoms with E-state index in [1.807, 2.05) is 0 Å². The lowest BCUT2D eigenvalue weighted by Gasteiger charge is -2.10. The predicted molar refractivity (Wildman–Crippen MR) is 60.2 cm³/mol. The second kappa shape index (κ2) is 4.21. The van der Waals surface area contributed by atoms with E-state index in [9.17, 15) is 18.5 Å². The van der Waals surface area contributed by atoms with Crippen LogP contribution in [0.4, 0.5) is 5.69 Å². The van der Waals surface area contributed by atoms with E-state index in [4.69, 9.17) is 0 Å². The van der Waals surface area contributed by atoms with Crippen molar-refractivity contribution in [1.82, 2.24) is 0 Å². The maximum Gasteiger partial charge on any atom is 0.269 e. The number of rotatable bonds is 3. The van der Waals surface area contributed by atoms with E-state index in [1.165, 1.54) is 18.2 Å². The number of hydrogen-bond donors (Lipinski definition) is 0. The fourth-order valence-corrected chi connectivity index (χ4v) is 2.59. The van der Waals surface area contributed by atoms with Gasteiger partial charge in [0.2, 0.25) is 0 Å². The van der Waals surface area contributed by atoms with E-state index in [0.717, 1.165) is 0 Å². The topological polar surface area (TPSA) is 77.3 Å². The zero-order valence-corrected chi connectivity index (χ0v) is 10.1. The van der Waals surface area contributed by atoms with Crippen LogP contribution in [0.5, 0.6) is 0 Å². The first-order valence-corrected chi connectivity index (χ1v) is 6.30. The van der Waals surface area contributed by atoms with Crippen molar-refractivity contribution < 1.29 is 13.3 Å². The molecule has 0 saturated carbocycles. The SMILES string of the molecule is Cc1cc([N+](=O)[O-])ccc1S(=O)(=O)C(C)C. The van der Waals surface area contributed by atoms with Gasteiger partial charge in [0.1, 0.15) is 0 Å². The molecule has 0 spiro atoms. The fraction of sp³-hybridized carbons (Fsp3) is 0.400. The molecule has 0 atom stereocenters. The Morgan fingerprint density at radius 2 is 1.88 bits per heavy atom. The Bertz CT molecular complexity index is 520. The molecule has 1 rings (SSSR count). The third-order valence-electron chi connectivity index (χ3n) is 2.30. The highest BCUT2D eigenvalue weighted by atomic mass is 32.2. The average molecular weight is 243 g/mol. The molecule has 0 saturated heterocycles. The van der Waals surface area contributed by atoms with Gasteiger partial charge in [-0.1, -0.05) is 0 Å². The molecule has 1 aromatic carbocycles. The van der Waals surface area contributed by atoms with Gasteiger partial charge in [-0.25, -0.2) is 8.42 Å². The van der Waals surface area contributed by atoms with Crippen molar-refractivity contribution in [3.63, 3.8) is 0 Å². The van der Waals surface area contributed by atoms with Crippen molar-refractivity contribution in [3.05, 3.63) is 33.9 Å². The van der Waals surface area contributed by atoms with Crippen molar-refractivity contribution >= 4 is 15.5 Å². The van der Waals surface area contributed by atoms with Crippen LogP contribution in [0.3, 0.4) is 0 Å². The van der Waals surface area contributed by atoms with Gasteiger partial charge >= 0.3 is 0 Å². The lowest BCUT2D eigenvalue weighted by Crippen LogP contribution is -2.15. The quantitative estimate of drug-likeness (QED) is 0.601. The van der Waals surface area contributed by atoms with E-state index < -0.39 is 20.0 Å². The third kappa shape index (κ3) is 2.21. The summed E-state index contributed by atoms with van der Waals surface area (Å²) in [5.41, 5.74) is 0.308. The number of benzene rings is 1. The molecule has 0 fully saturated rings. The zero-order chi connectivity index (χ0) is 12.5. The smallest absolute Gasteiger partial charge is 0.258 e. The molecule has 16 heavy (non-hydrogen) atoms. The number of nitro groups is 1. The summed E-state index contributed by atoms with van der Waals surface area (Å²) in [7, 11) is -3.37. The maximum absolute atomic E-state index is 11.9. The number of hydrogen-bond acceptors (Lipinski definition) is 4. The van der Waals surface area contributed by atoms with E-state index in [1.54, 1.807) is 20.8 Å². The van der Waals surface area contributed by atoms with Crippen molar-refractivity contribution in [3.8, 4) is 0 Å². The van der Waals surface area contributed by atoms with Gasteiger partial charge in [-0.05, 0) is 32.4 Å². The first kappa shape index (κ1) is 12.6. The summed E-state index contributed by atoms with van der Waals surface area (Å²) >= 11 is 0. The van der Waals surface area contributed by atoms with E-state index in [0.29, 0.717) is 5.56 Å². The van der Waals surface area contributed by atoms with Gasteiger partial charge in [0.15, 0.2) is 9.84 Å². The van der Waals surface area contributed by atoms with Gasteiger partial charge in [0.05, 0.1) is 15.1 Å². The molecule has 0 N–H and O–H groups in total. The fourth-order valence-electron chi connectivity index (χ4n) is 1.32. The van der Waals surface area contributed by atoms with Gasteiger partial charge in [-0.3, -0.25) is 10.1 Å². The standard InChI is InChI=1S/C10H13NO4S/c1-7(2)16(14,15)10-5-4-9(11(12)13)6-8(10)3/h4-7H,1-3H3. The second-order valence-corrected chi connectivity index (χ2v) is 6.27.